The molecule has 1 atom stereocenters. The second kappa shape index (κ2) is 5.14. The summed E-state index contributed by atoms with van der Waals surface area (Å²) in [5.41, 5.74) is 1.33. The number of imidazole rings is 1. The molecule has 0 amide bonds. The maximum atomic E-state index is 10.4. The zero-order valence-corrected chi connectivity index (χ0v) is 9.43. The van der Waals surface area contributed by atoms with Crippen LogP contribution in [0.1, 0.15) is 50.3 Å². The van der Waals surface area contributed by atoms with E-state index in [0.29, 0.717) is 12.5 Å². The van der Waals surface area contributed by atoms with E-state index in [2.05, 4.69) is 9.55 Å². The Kier molecular flexibility index (Phi) is 3.59. The Labute approximate surface area is 95.3 Å². The Hall–Kier alpha value is -1.32. The number of aryl methyl sites for hydroxylation is 1. The first-order chi connectivity index (χ1) is 7.77. The summed E-state index contributed by atoms with van der Waals surface area (Å²) in [5, 5.41) is 8.56. The third kappa shape index (κ3) is 2.62. The van der Waals surface area contributed by atoms with Gasteiger partial charge in [0.1, 0.15) is 0 Å². The average molecular weight is 222 g/mol. The summed E-state index contributed by atoms with van der Waals surface area (Å²) in [6.07, 6.45) is 10.6. The molecule has 1 unspecified atom stereocenters. The quantitative estimate of drug-likeness (QED) is 0.778. The van der Waals surface area contributed by atoms with Gasteiger partial charge in [-0.25, -0.2) is 4.98 Å². The fourth-order valence-corrected chi connectivity index (χ4v) is 2.45. The molecule has 0 saturated heterocycles. The summed E-state index contributed by atoms with van der Waals surface area (Å²) in [4.78, 5) is 14.6. The van der Waals surface area contributed by atoms with Gasteiger partial charge in [-0.05, 0) is 32.1 Å². The maximum absolute atomic E-state index is 10.4. The first-order valence-corrected chi connectivity index (χ1v) is 6.00. The third-order valence-corrected chi connectivity index (χ3v) is 3.29. The Bertz CT molecular complexity index is 360. The maximum Gasteiger partial charge on any atom is 0.303 e. The van der Waals surface area contributed by atoms with Crippen molar-refractivity contribution in [1.82, 2.24) is 9.55 Å². The van der Waals surface area contributed by atoms with Gasteiger partial charge in [0.25, 0.3) is 0 Å². The van der Waals surface area contributed by atoms with Crippen molar-refractivity contribution in [3.63, 3.8) is 0 Å². The fraction of sp³-hybridized carbons (Fsp3) is 0.667. The van der Waals surface area contributed by atoms with Gasteiger partial charge in [-0.3, -0.25) is 4.79 Å². The van der Waals surface area contributed by atoms with Crippen LogP contribution in [-0.2, 0) is 11.2 Å². The van der Waals surface area contributed by atoms with Gasteiger partial charge in [-0.15, -0.1) is 0 Å². The van der Waals surface area contributed by atoms with E-state index >= 15 is 0 Å². The Balaban J connectivity index is 1.81. The number of aliphatic carboxylic acids is 1. The van der Waals surface area contributed by atoms with Crippen LogP contribution in [-0.4, -0.2) is 20.6 Å². The number of carboxylic acid groups (broad SMARTS) is 1. The molecule has 4 nitrogen and oxygen atoms in total. The molecule has 0 fully saturated rings. The van der Waals surface area contributed by atoms with Crippen molar-refractivity contribution in [2.75, 3.05) is 0 Å². The zero-order valence-electron chi connectivity index (χ0n) is 9.43. The second-order valence-electron chi connectivity index (χ2n) is 4.48. The second-order valence-corrected chi connectivity index (χ2v) is 4.48. The van der Waals surface area contributed by atoms with Crippen molar-refractivity contribution in [3.05, 3.63) is 18.2 Å². The first kappa shape index (κ1) is 11.2. The number of hydrogen-bond acceptors (Lipinski definition) is 2. The zero-order chi connectivity index (χ0) is 11.4. The lowest BCUT2D eigenvalue weighted by molar-refractivity contribution is -0.137. The van der Waals surface area contributed by atoms with Gasteiger partial charge >= 0.3 is 5.97 Å². The first-order valence-electron chi connectivity index (χ1n) is 6.00. The van der Waals surface area contributed by atoms with Crippen LogP contribution < -0.4 is 0 Å². The lowest BCUT2D eigenvalue weighted by atomic mass is 9.98. The van der Waals surface area contributed by atoms with Crippen molar-refractivity contribution in [1.29, 1.82) is 0 Å². The number of carbonyl (C=O) groups is 1. The number of hydrogen-bond donors (Lipinski definition) is 1. The molecule has 0 aromatic carbocycles. The van der Waals surface area contributed by atoms with Gasteiger partial charge in [0.2, 0.25) is 0 Å². The molecule has 2 heterocycles. The van der Waals surface area contributed by atoms with Gasteiger partial charge in [0, 0.05) is 24.4 Å². The highest BCUT2D eigenvalue weighted by Gasteiger charge is 2.18. The molecule has 0 bridgehead atoms. The minimum absolute atomic E-state index is 0.295. The highest BCUT2D eigenvalue weighted by Crippen LogP contribution is 2.28. The summed E-state index contributed by atoms with van der Waals surface area (Å²) in [6, 6.07) is 0.542. The predicted molar refractivity (Wildman–Crippen MR) is 60.3 cm³/mol. The largest absolute Gasteiger partial charge is 0.481 e. The van der Waals surface area contributed by atoms with E-state index in [9.17, 15) is 4.79 Å². The summed E-state index contributed by atoms with van der Waals surface area (Å²) in [5.74, 6) is -0.688. The molecular weight excluding hydrogens is 204 g/mol. The Morgan fingerprint density at radius 3 is 3.25 bits per heavy atom. The number of nitrogens with zero attached hydrogens (tertiary/aromatic N) is 2. The molecule has 0 spiro atoms. The lowest BCUT2D eigenvalue weighted by Gasteiger charge is -2.25. The van der Waals surface area contributed by atoms with Crippen LogP contribution >= 0.6 is 0 Å². The number of rotatable bonds is 5. The monoisotopic (exact) mass is 222 g/mol. The van der Waals surface area contributed by atoms with E-state index in [-0.39, 0.29) is 0 Å². The molecular formula is C12H18N2O2. The molecule has 0 radical (unpaired) electrons. The summed E-state index contributed by atoms with van der Waals surface area (Å²) in [6.45, 7) is 0. The van der Waals surface area contributed by atoms with Gasteiger partial charge in [0.15, 0.2) is 0 Å². The Morgan fingerprint density at radius 2 is 2.44 bits per heavy atom. The van der Waals surface area contributed by atoms with E-state index in [1.54, 1.807) is 0 Å². The molecule has 0 aliphatic carbocycles. The minimum Gasteiger partial charge on any atom is -0.481 e. The molecule has 1 aromatic heterocycles. The number of carboxylic acids is 1. The summed E-state index contributed by atoms with van der Waals surface area (Å²) < 4.78 is 2.27. The van der Waals surface area contributed by atoms with Crippen molar-refractivity contribution in [3.8, 4) is 0 Å². The summed E-state index contributed by atoms with van der Waals surface area (Å²) >= 11 is 0. The van der Waals surface area contributed by atoms with Crippen LogP contribution in [0.5, 0.6) is 0 Å². The third-order valence-electron chi connectivity index (χ3n) is 3.29. The highest BCUT2D eigenvalue weighted by molar-refractivity contribution is 5.66. The van der Waals surface area contributed by atoms with Gasteiger partial charge in [-0.2, -0.15) is 0 Å². The van der Waals surface area contributed by atoms with Crippen molar-refractivity contribution < 1.29 is 9.90 Å². The number of unbranched alkanes of at least 4 members (excludes halogenated alkanes) is 1. The normalized spacial score (nSPS) is 19.4. The van der Waals surface area contributed by atoms with Crippen LogP contribution in [0.15, 0.2) is 12.5 Å². The molecule has 88 valence electrons. The average Bonchev–Trinajstić information content (AvgIpc) is 2.72. The topological polar surface area (TPSA) is 55.1 Å². The number of aromatic nitrogens is 2. The molecule has 1 aromatic rings. The van der Waals surface area contributed by atoms with Crippen LogP contribution in [0.25, 0.3) is 0 Å². The fourth-order valence-electron chi connectivity index (χ4n) is 2.45. The molecule has 0 saturated carbocycles. The van der Waals surface area contributed by atoms with Crippen molar-refractivity contribution >= 4 is 5.97 Å². The molecule has 4 heteroatoms. The van der Waals surface area contributed by atoms with E-state index < -0.39 is 5.97 Å². The summed E-state index contributed by atoms with van der Waals surface area (Å²) in [7, 11) is 0. The standard InChI is InChI=1S/C12H18N2O2/c15-12(16)7-2-1-4-10-5-3-6-11-8-13-9-14(10)11/h8-10H,1-7H2,(H,15,16). The highest BCUT2D eigenvalue weighted by atomic mass is 16.4. The SMILES string of the molecule is O=C(O)CCCCC1CCCc2cncn21. The predicted octanol–water partition coefficient (Wildman–Crippen LogP) is 2.41. The molecule has 1 N–H and O–H groups in total. The van der Waals surface area contributed by atoms with E-state index in [1.165, 1.54) is 18.5 Å². The Morgan fingerprint density at radius 1 is 1.56 bits per heavy atom. The van der Waals surface area contributed by atoms with E-state index in [4.69, 9.17) is 5.11 Å². The molecule has 1 aliphatic heterocycles. The van der Waals surface area contributed by atoms with Crippen molar-refractivity contribution in [2.24, 2.45) is 0 Å². The van der Waals surface area contributed by atoms with Gasteiger partial charge < -0.3 is 9.67 Å². The van der Waals surface area contributed by atoms with Gasteiger partial charge in [-0.1, -0.05) is 6.42 Å². The van der Waals surface area contributed by atoms with Gasteiger partial charge in [0.05, 0.1) is 6.33 Å². The smallest absolute Gasteiger partial charge is 0.303 e. The van der Waals surface area contributed by atoms with Crippen molar-refractivity contribution in [2.45, 2.75) is 51.0 Å². The molecule has 1 aliphatic rings. The molecule has 16 heavy (non-hydrogen) atoms. The van der Waals surface area contributed by atoms with Crippen LogP contribution in [0.4, 0.5) is 0 Å². The van der Waals surface area contributed by atoms with Crippen LogP contribution in [0.3, 0.4) is 0 Å². The van der Waals surface area contributed by atoms with Crippen LogP contribution in [0.2, 0.25) is 0 Å². The molecule has 2 rings (SSSR count). The van der Waals surface area contributed by atoms with E-state index in [0.717, 1.165) is 25.7 Å². The minimum atomic E-state index is -0.688. The van der Waals surface area contributed by atoms with E-state index in [1.807, 2.05) is 12.5 Å². The van der Waals surface area contributed by atoms with Crippen LogP contribution in [0, 0.1) is 0 Å². The lowest BCUT2D eigenvalue weighted by Crippen LogP contribution is -2.16. The number of fused-ring (bicyclic) bond motifs is 1.